The van der Waals surface area contributed by atoms with Crippen LogP contribution < -0.4 is 4.74 Å². The Morgan fingerprint density at radius 2 is 1.83 bits per heavy atom. The van der Waals surface area contributed by atoms with E-state index in [-0.39, 0.29) is 21.1 Å². The van der Waals surface area contributed by atoms with Crippen molar-refractivity contribution in [2.45, 2.75) is 13.0 Å². The molecule has 7 nitrogen and oxygen atoms in total. The van der Waals surface area contributed by atoms with Gasteiger partial charge < -0.3 is 23.3 Å². The number of aryl methyl sites for hydroxylation is 2. The fourth-order valence-electron chi connectivity index (χ4n) is 4.91. The fraction of sp³-hybridized carbons (Fsp3) is 0.107. The quantitative estimate of drug-likeness (QED) is 0.225. The van der Waals surface area contributed by atoms with Gasteiger partial charge in [0.05, 0.1) is 6.54 Å². The van der Waals surface area contributed by atoms with Gasteiger partial charge in [-0.25, -0.2) is 4.98 Å². The van der Waals surface area contributed by atoms with Crippen molar-refractivity contribution in [3.63, 3.8) is 0 Å². The Labute approximate surface area is 221 Å². The van der Waals surface area contributed by atoms with Crippen molar-refractivity contribution in [1.82, 2.24) is 23.7 Å². The van der Waals surface area contributed by atoms with E-state index >= 15 is 0 Å². The summed E-state index contributed by atoms with van der Waals surface area (Å²) < 4.78 is 12.3. The summed E-state index contributed by atoms with van der Waals surface area (Å²) >= 11 is 0. The van der Waals surface area contributed by atoms with Gasteiger partial charge in [0.1, 0.15) is 5.82 Å². The fourth-order valence-corrected chi connectivity index (χ4v) is 4.91. The molecule has 0 saturated heterocycles. The molecule has 0 unspecified atom stereocenters. The van der Waals surface area contributed by atoms with Gasteiger partial charge in [-0.1, -0.05) is 41.9 Å². The van der Waals surface area contributed by atoms with Crippen molar-refractivity contribution in [3.8, 4) is 28.8 Å². The van der Waals surface area contributed by atoms with Crippen molar-refractivity contribution >= 4 is 27.6 Å². The minimum absolute atomic E-state index is 0. The first kappa shape index (κ1) is 22.3. The number of nitrogens with zero attached hydrogens (tertiary/aromatic N) is 6. The molecule has 0 aliphatic carbocycles. The molecule has 0 spiro atoms. The van der Waals surface area contributed by atoms with Crippen LogP contribution in [0.5, 0.6) is 11.5 Å². The van der Waals surface area contributed by atoms with E-state index in [4.69, 9.17) is 11.3 Å². The van der Waals surface area contributed by atoms with Crippen LogP contribution in [-0.2, 0) is 41.1 Å². The van der Waals surface area contributed by atoms with Crippen LogP contribution >= 0.6 is 0 Å². The van der Waals surface area contributed by atoms with E-state index in [1.54, 1.807) is 12.4 Å². The number of ether oxygens (including phenoxy) is 1. The van der Waals surface area contributed by atoms with Crippen LogP contribution in [0.3, 0.4) is 0 Å². The molecule has 8 heteroatoms. The molecule has 3 aromatic heterocycles. The van der Waals surface area contributed by atoms with Gasteiger partial charge >= 0.3 is 21.1 Å². The number of hydrogen-bond donors (Lipinski definition) is 0. The molecule has 0 fully saturated rings. The average molecular weight is 650 g/mol. The second-order valence-corrected chi connectivity index (χ2v) is 8.55. The van der Waals surface area contributed by atoms with Crippen LogP contribution in [0.25, 0.3) is 44.0 Å². The van der Waals surface area contributed by atoms with Gasteiger partial charge in [-0.2, -0.15) is 6.07 Å². The predicted octanol–water partition coefficient (Wildman–Crippen LogP) is 5.88. The first-order chi connectivity index (χ1) is 17.2. The standard InChI is InChI=1S/C28H18N6O.Pt/c1-29-26-17-31-27-23-15-19(8-7-18(23)11-13-33(26)27)35-20-9-10-22-21-5-3-4-6-24(21)34(25(22)16-20)28-30-12-14-32(28)2;/h3-10,12,14,17H,11,13H2,2H3;/q-2;+2. The third kappa shape index (κ3) is 3.30. The number of rotatable bonds is 3. The summed E-state index contributed by atoms with van der Waals surface area (Å²) in [6.45, 7) is 8.13. The van der Waals surface area contributed by atoms with E-state index in [9.17, 15) is 0 Å². The molecule has 1 aliphatic heterocycles. The van der Waals surface area contributed by atoms with Crippen LogP contribution in [-0.4, -0.2) is 23.7 Å². The Balaban J connectivity index is 0.00000240. The molecule has 36 heavy (non-hydrogen) atoms. The van der Waals surface area contributed by atoms with E-state index in [0.29, 0.717) is 17.3 Å². The van der Waals surface area contributed by atoms with Crippen LogP contribution in [0, 0.1) is 18.7 Å². The van der Waals surface area contributed by atoms with Crippen LogP contribution in [0.15, 0.2) is 67.1 Å². The number of imidazole rings is 2. The van der Waals surface area contributed by atoms with Crippen LogP contribution in [0.2, 0.25) is 0 Å². The van der Waals surface area contributed by atoms with Crippen molar-refractivity contribution < 1.29 is 25.8 Å². The van der Waals surface area contributed by atoms with Gasteiger partial charge in [0.2, 0.25) is 11.8 Å². The molecule has 3 aromatic carbocycles. The van der Waals surface area contributed by atoms with Gasteiger partial charge in [-0.15, -0.1) is 35.2 Å². The number of fused-ring (bicyclic) bond motifs is 6. The van der Waals surface area contributed by atoms with Crippen molar-refractivity contribution in [1.29, 1.82) is 0 Å². The summed E-state index contributed by atoms with van der Waals surface area (Å²) in [5.74, 6) is 3.29. The Hall–Kier alpha value is -4.14. The Bertz CT molecular complexity index is 1820. The molecule has 7 rings (SSSR count). The van der Waals surface area contributed by atoms with E-state index < -0.39 is 0 Å². The van der Waals surface area contributed by atoms with Gasteiger partial charge in [0, 0.05) is 42.7 Å². The molecular formula is C28H18N6OPt. The number of benzene rings is 3. The molecule has 0 saturated carbocycles. The van der Waals surface area contributed by atoms with Gasteiger partial charge in [-0.3, -0.25) is 4.98 Å². The molecular weight excluding hydrogens is 631 g/mol. The zero-order valence-corrected chi connectivity index (χ0v) is 21.4. The zero-order chi connectivity index (χ0) is 23.5. The van der Waals surface area contributed by atoms with Gasteiger partial charge in [0.15, 0.2) is 0 Å². The van der Waals surface area contributed by atoms with Crippen molar-refractivity contribution in [3.05, 3.63) is 96.2 Å². The summed E-state index contributed by atoms with van der Waals surface area (Å²) in [6, 6.07) is 23.1. The maximum Gasteiger partial charge on any atom is 2.00 e. The summed E-state index contributed by atoms with van der Waals surface area (Å²) in [5, 5.41) is 2.22. The van der Waals surface area contributed by atoms with Crippen molar-refractivity contribution in [2.75, 3.05) is 0 Å². The number of aromatic nitrogens is 5. The second kappa shape index (κ2) is 8.51. The molecule has 6 aromatic rings. The maximum absolute atomic E-state index is 7.38. The molecule has 176 valence electrons. The SMILES string of the molecule is [C-]#[N+]c1cnc2n1CCc1ccc(Oc3[c-]c4c(cc3)c3ccccc3n4-c3nccn3C)[c-]c1-2.[Pt+2]. The van der Waals surface area contributed by atoms with E-state index in [1.807, 2.05) is 46.6 Å². The van der Waals surface area contributed by atoms with Crippen LogP contribution in [0.4, 0.5) is 5.82 Å². The van der Waals surface area contributed by atoms with Gasteiger partial charge in [0.25, 0.3) is 0 Å². The minimum Gasteiger partial charge on any atom is -0.503 e. The maximum atomic E-state index is 7.38. The third-order valence-electron chi connectivity index (χ3n) is 6.56. The largest absolute Gasteiger partial charge is 2.00 e. The Morgan fingerprint density at radius 1 is 1.00 bits per heavy atom. The molecule has 0 N–H and O–H groups in total. The molecule has 0 bridgehead atoms. The number of hydrogen-bond acceptors (Lipinski definition) is 3. The topological polar surface area (TPSA) is 54.2 Å². The zero-order valence-electron chi connectivity index (χ0n) is 19.2. The summed E-state index contributed by atoms with van der Waals surface area (Å²) in [5.41, 5.74) is 3.99. The molecule has 0 radical (unpaired) electrons. The van der Waals surface area contributed by atoms with E-state index in [2.05, 4.69) is 55.8 Å². The second-order valence-electron chi connectivity index (χ2n) is 8.55. The minimum atomic E-state index is 0. The Morgan fingerprint density at radius 3 is 2.67 bits per heavy atom. The van der Waals surface area contributed by atoms with Crippen molar-refractivity contribution in [2.24, 2.45) is 7.05 Å². The number of para-hydroxylation sites is 1. The van der Waals surface area contributed by atoms with E-state index in [0.717, 1.165) is 57.7 Å². The molecule has 4 heterocycles. The smallest absolute Gasteiger partial charge is 0.503 e. The summed E-state index contributed by atoms with van der Waals surface area (Å²) in [6.07, 6.45) is 6.18. The first-order valence-corrected chi connectivity index (χ1v) is 11.3. The Kier molecular flexibility index (Phi) is 5.28. The van der Waals surface area contributed by atoms with Gasteiger partial charge in [-0.05, 0) is 17.9 Å². The summed E-state index contributed by atoms with van der Waals surface area (Å²) in [4.78, 5) is 12.6. The van der Waals surface area contributed by atoms with Crippen LogP contribution in [0.1, 0.15) is 5.56 Å². The molecule has 0 atom stereocenters. The monoisotopic (exact) mass is 649 g/mol. The summed E-state index contributed by atoms with van der Waals surface area (Å²) in [7, 11) is 1.98. The molecule has 1 aliphatic rings. The third-order valence-corrected chi connectivity index (χ3v) is 6.56. The normalized spacial score (nSPS) is 12.1. The average Bonchev–Trinajstić information content (AvgIpc) is 3.58. The van der Waals surface area contributed by atoms with E-state index in [1.165, 1.54) is 0 Å². The molecule has 0 amide bonds. The predicted molar refractivity (Wildman–Crippen MR) is 133 cm³/mol. The first-order valence-electron chi connectivity index (χ1n) is 11.3.